The molecule has 1 heterocycles. The van der Waals surface area contributed by atoms with Gasteiger partial charge in [-0.15, -0.1) is 24.0 Å². The third-order valence-electron chi connectivity index (χ3n) is 3.52. The van der Waals surface area contributed by atoms with Crippen LogP contribution in [0.25, 0.3) is 0 Å². The third-order valence-corrected chi connectivity index (χ3v) is 3.52. The van der Waals surface area contributed by atoms with E-state index >= 15 is 0 Å². The van der Waals surface area contributed by atoms with E-state index in [9.17, 15) is 0 Å². The van der Waals surface area contributed by atoms with E-state index in [2.05, 4.69) is 41.5 Å². The van der Waals surface area contributed by atoms with Gasteiger partial charge >= 0.3 is 0 Å². The summed E-state index contributed by atoms with van der Waals surface area (Å²) in [7, 11) is 3.75. The number of nitrogens with zero attached hydrogens (tertiary/aromatic N) is 3. The molecule has 2 N–H and O–H groups in total. The summed E-state index contributed by atoms with van der Waals surface area (Å²) in [5.41, 5.74) is 3.47. The fourth-order valence-corrected chi connectivity index (χ4v) is 2.17. The van der Waals surface area contributed by atoms with Crippen molar-refractivity contribution in [3.63, 3.8) is 0 Å². The summed E-state index contributed by atoms with van der Waals surface area (Å²) in [6.45, 7) is 11.6. The Bertz CT molecular complexity index is 485. The van der Waals surface area contributed by atoms with Crippen LogP contribution in [0.5, 0.6) is 0 Å². The number of hydrogen-bond donors (Lipinski definition) is 2. The maximum Gasteiger partial charge on any atom is 0.191 e. The van der Waals surface area contributed by atoms with Crippen LogP contribution >= 0.6 is 24.0 Å². The van der Waals surface area contributed by atoms with Crippen molar-refractivity contribution in [3.05, 3.63) is 17.0 Å². The van der Waals surface area contributed by atoms with Crippen molar-refractivity contribution in [1.82, 2.24) is 20.4 Å². The molecule has 0 bridgehead atoms. The average molecular weight is 437 g/mol. The van der Waals surface area contributed by atoms with Crippen LogP contribution < -0.4 is 10.6 Å². The van der Waals surface area contributed by atoms with E-state index in [1.165, 1.54) is 11.3 Å². The minimum atomic E-state index is 0. The van der Waals surface area contributed by atoms with Crippen molar-refractivity contribution >= 4 is 29.9 Å². The van der Waals surface area contributed by atoms with Gasteiger partial charge in [0.05, 0.1) is 5.69 Å². The highest BCUT2D eigenvalue weighted by Gasteiger charge is 2.09. The van der Waals surface area contributed by atoms with Gasteiger partial charge in [-0.2, -0.15) is 5.10 Å². The molecule has 0 fully saturated rings. The topological polar surface area (TPSA) is 63.5 Å². The van der Waals surface area contributed by atoms with Crippen molar-refractivity contribution in [1.29, 1.82) is 0 Å². The third kappa shape index (κ3) is 8.01. The molecule has 134 valence electrons. The number of guanidine groups is 1. The Morgan fingerprint density at radius 2 is 2.00 bits per heavy atom. The second-order valence-electron chi connectivity index (χ2n) is 5.95. The van der Waals surface area contributed by atoms with Gasteiger partial charge < -0.3 is 15.4 Å². The largest absolute Gasteiger partial charge is 0.381 e. The smallest absolute Gasteiger partial charge is 0.191 e. The van der Waals surface area contributed by atoms with Crippen LogP contribution in [0.1, 0.15) is 37.2 Å². The zero-order valence-corrected chi connectivity index (χ0v) is 17.6. The molecule has 0 saturated heterocycles. The van der Waals surface area contributed by atoms with Crippen LogP contribution in [-0.2, 0) is 18.3 Å². The van der Waals surface area contributed by atoms with Crippen LogP contribution in [0, 0.1) is 19.8 Å². The molecule has 0 aromatic carbocycles. The molecular weight excluding hydrogens is 405 g/mol. The highest BCUT2D eigenvalue weighted by Crippen LogP contribution is 2.10. The Morgan fingerprint density at radius 1 is 1.30 bits per heavy atom. The van der Waals surface area contributed by atoms with E-state index in [0.717, 1.165) is 44.4 Å². The molecule has 1 aromatic rings. The summed E-state index contributed by atoms with van der Waals surface area (Å²) < 4.78 is 7.47. The van der Waals surface area contributed by atoms with E-state index in [1.54, 1.807) is 7.05 Å². The van der Waals surface area contributed by atoms with Gasteiger partial charge in [0.1, 0.15) is 0 Å². The molecule has 0 spiro atoms. The maximum atomic E-state index is 5.56. The molecule has 0 atom stereocenters. The Morgan fingerprint density at radius 3 is 2.52 bits per heavy atom. The van der Waals surface area contributed by atoms with Crippen molar-refractivity contribution in [2.24, 2.45) is 18.0 Å². The number of hydrogen-bond acceptors (Lipinski definition) is 3. The lowest BCUT2D eigenvalue weighted by Crippen LogP contribution is -2.37. The van der Waals surface area contributed by atoms with E-state index in [-0.39, 0.29) is 24.0 Å². The lowest BCUT2D eigenvalue weighted by Gasteiger charge is -2.12. The van der Waals surface area contributed by atoms with E-state index < -0.39 is 0 Å². The van der Waals surface area contributed by atoms with Gasteiger partial charge in [0.2, 0.25) is 0 Å². The number of rotatable bonds is 8. The summed E-state index contributed by atoms with van der Waals surface area (Å²) in [6.07, 6.45) is 0.971. The monoisotopic (exact) mass is 437 g/mol. The number of aromatic nitrogens is 2. The van der Waals surface area contributed by atoms with Gasteiger partial charge in [-0.25, -0.2) is 0 Å². The summed E-state index contributed by atoms with van der Waals surface area (Å²) in [4.78, 5) is 4.24. The van der Waals surface area contributed by atoms with E-state index in [1.807, 2.05) is 18.7 Å². The molecule has 6 nitrogen and oxygen atoms in total. The van der Waals surface area contributed by atoms with Gasteiger partial charge in [0.25, 0.3) is 0 Å². The number of aliphatic imine (C=N–C) groups is 1. The van der Waals surface area contributed by atoms with Crippen molar-refractivity contribution in [2.75, 3.05) is 26.8 Å². The van der Waals surface area contributed by atoms with Crippen LogP contribution in [0.4, 0.5) is 0 Å². The molecule has 1 rings (SSSR count). The fourth-order valence-electron chi connectivity index (χ4n) is 2.17. The fraction of sp³-hybridized carbons (Fsp3) is 0.750. The molecular formula is C16H32IN5O. The van der Waals surface area contributed by atoms with Gasteiger partial charge in [-0.1, -0.05) is 13.8 Å². The van der Waals surface area contributed by atoms with Crippen molar-refractivity contribution < 1.29 is 4.74 Å². The van der Waals surface area contributed by atoms with Crippen LogP contribution in [0.2, 0.25) is 0 Å². The van der Waals surface area contributed by atoms with Gasteiger partial charge in [-0.3, -0.25) is 9.67 Å². The first-order valence-electron chi connectivity index (χ1n) is 7.97. The van der Waals surface area contributed by atoms with Crippen LogP contribution in [0.15, 0.2) is 4.99 Å². The number of halogens is 1. The number of nitrogens with one attached hydrogen (secondary N) is 2. The second-order valence-corrected chi connectivity index (χ2v) is 5.95. The molecule has 0 radical (unpaired) electrons. The SMILES string of the molecule is CN=C(NCCCOCC(C)C)NCc1c(C)nn(C)c1C.I. The summed E-state index contributed by atoms with van der Waals surface area (Å²) >= 11 is 0. The molecule has 23 heavy (non-hydrogen) atoms. The lowest BCUT2D eigenvalue weighted by molar-refractivity contribution is 0.108. The van der Waals surface area contributed by atoms with Crippen LogP contribution in [-0.4, -0.2) is 42.5 Å². The lowest BCUT2D eigenvalue weighted by atomic mass is 10.2. The normalized spacial score (nSPS) is 11.5. The van der Waals surface area contributed by atoms with Crippen molar-refractivity contribution in [3.8, 4) is 0 Å². The molecule has 0 aliphatic heterocycles. The number of ether oxygens (including phenoxy) is 1. The van der Waals surface area contributed by atoms with E-state index in [4.69, 9.17) is 4.74 Å². The number of aryl methyl sites for hydroxylation is 2. The molecule has 1 aromatic heterocycles. The molecule has 0 aliphatic rings. The Balaban J connectivity index is 0.00000484. The first-order valence-corrected chi connectivity index (χ1v) is 7.97. The Hall–Kier alpha value is -0.830. The van der Waals surface area contributed by atoms with Crippen molar-refractivity contribution in [2.45, 2.75) is 40.7 Å². The molecule has 0 saturated carbocycles. The Kier molecular flexibility index (Phi) is 11.2. The predicted octanol–water partition coefficient (Wildman–Crippen LogP) is 2.38. The van der Waals surface area contributed by atoms with Gasteiger partial charge in [0.15, 0.2) is 5.96 Å². The highest BCUT2D eigenvalue weighted by molar-refractivity contribution is 14.0. The maximum absolute atomic E-state index is 5.56. The predicted molar refractivity (Wildman–Crippen MR) is 107 cm³/mol. The first kappa shape index (κ1) is 22.2. The summed E-state index contributed by atoms with van der Waals surface area (Å²) in [6, 6.07) is 0. The van der Waals surface area contributed by atoms with Gasteiger partial charge in [-0.05, 0) is 26.2 Å². The first-order chi connectivity index (χ1) is 10.5. The average Bonchev–Trinajstić information content (AvgIpc) is 2.71. The summed E-state index contributed by atoms with van der Waals surface area (Å²) in [5.74, 6) is 1.40. The minimum absolute atomic E-state index is 0. The summed E-state index contributed by atoms with van der Waals surface area (Å²) in [5, 5.41) is 11.1. The Labute approximate surface area is 157 Å². The second kappa shape index (κ2) is 11.7. The molecule has 0 aliphatic carbocycles. The van der Waals surface area contributed by atoms with E-state index in [0.29, 0.717) is 5.92 Å². The zero-order chi connectivity index (χ0) is 16.5. The zero-order valence-electron chi connectivity index (χ0n) is 15.3. The molecule has 0 unspecified atom stereocenters. The molecule has 0 amide bonds. The van der Waals surface area contributed by atoms with Gasteiger partial charge in [0, 0.05) is 51.7 Å². The highest BCUT2D eigenvalue weighted by atomic mass is 127. The quantitative estimate of drug-likeness (QED) is 0.284. The molecule has 7 heteroatoms. The standard InChI is InChI=1S/C16H31N5O.HI/c1-12(2)11-22-9-7-8-18-16(17-5)19-10-15-13(3)20-21(6)14(15)4;/h12H,7-11H2,1-6H3,(H2,17,18,19);1H. The van der Waals surface area contributed by atoms with Crippen LogP contribution in [0.3, 0.4) is 0 Å². The minimum Gasteiger partial charge on any atom is -0.381 e.